The average Bonchev–Trinajstić information content (AvgIpc) is 4.07. The Balaban J connectivity index is 1.13. The zero-order valence-corrected chi connectivity index (χ0v) is 35.6. The van der Waals surface area contributed by atoms with E-state index < -0.39 is 83.6 Å². The van der Waals surface area contributed by atoms with Gasteiger partial charge in [-0.25, -0.2) is 15.0 Å². The Labute approximate surface area is 406 Å². The summed E-state index contributed by atoms with van der Waals surface area (Å²) in [6.07, 6.45) is 0. The maximum atomic E-state index is 9.87. The van der Waals surface area contributed by atoms with Crippen LogP contribution in [0.4, 0.5) is 0 Å². The molecule has 12 rings (SSSR count). The van der Waals surface area contributed by atoms with Crippen LogP contribution in [0.25, 0.3) is 117 Å². The molecule has 2 aromatic heterocycles. The first-order valence-electron chi connectivity index (χ1n) is 27.7. The Hall–Kier alpha value is -8.99. The molecule has 4 heteroatoms. The highest BCUT2D eigenvalue weighted by Gasteiger charge is 2.21. The standard InChI is InChI=1S/C63H42N4/c1-5-15-43(16-6-1)46-25-27-48(28-26-46)49-29-31-50(32-30-49)54-37-39-56(60(42-54)67-58-24-14-13-23-55(58)57-41-53(38-40-59(57)67)45-19-9-3-10-20-45)63-65-61(51-21-11-4-12-22-51)64-62(66-63)52-35-33-47(34-36-52)44-17-7-2-8-18-44/h1-42H/i3D,9D,10D,13D,14D,19D,20D,23D,24D,38D,40D,41D. The Morgan fingerprint density at radius 3 is 1.28 bits per heavy atom. The van der Waals surface area contributed by atoms with Crippen molar-refractivity contribution in [3.05, 3.63) is 255 Å². The van der Waals surface area contributed by atoms with Gasteiger partial charge < -0.3 is 4.57 Å². The molecule has 0 atom stereocenters. The summed E-state index contributed by atoms with van der Waals surface area (Å²) in [5.74, 6) is 0.800. The van der Waals surface area contributed by atoms with Crippen LogP contribution >= 0.6 is 0 Å². The maximum Gasteiger partial charge on any atom is 0.166 e. The summed E-state index contributed by atoms with van der Waals surface area (Å²) in [4.78, 5) is 15.2. The minimum atomic E-state index is -0.708. The molecule has 12 aromatic rings. The van der Waals surface area contributed by atoms with E-state index in [0.717, 1.165) is 38.9 Å². The van der Waals surface area contributed by atoms with E-state index in [2.05, 4.69) is 36.4 Å². The summed E-state index contributed by atoms with van der Waals surface area (Å²) in [5, 5.41) is -0.365. The molecule has 0 N–H and O–H groups in total. The van der Waals surface area contributed by atoms with E-state index in [1.807, 2.05) is 133 Å². The molecule has 0 bridgehead atoms. The largest absolute Gasteiger partial charge is 0.308 e. The van der Waals surface area contributed by atoms with Gasteiger partial charge in [0, 0.05) is 27.5 Å². The molecule has 0 amide bonds. The Morgan fingerprint density at radius 2 is 0.716 bits per heavy atom. The number of benzene rings is 10. The summed E-state index contributed by atoms with van der Waals surface area (Å²) >= 11 is 0. The van der Waals surface area contributed by atoms with Crippen LogP contribution in [0.5, 0.6) is 0 Å². The lowest BCUT2D eigenvalue weighted by Gasteiger charge is -2.17. The normalized spacial score (nSPS) is 13.8. The van der Waals surface area contributed by atoms with Crippen molar-refractivity contribution in [2.24, 2.45) is 0 Å². The van der Waals surface area contributed by atoms with Gasteiger partial charge in [0.1, 0.15) is 0 Å². The maximum absolute atomic E-state index is 9.87. The van der Waals surface area contributed by atoms with Crippen molar-refractivity contribution < 1.29 is 16.4 Å². The number of nitrogens with zero attached hydrogens (tertiary/aromatic N) is 4. The monoisotopic (exact) mass is 866 g/mol. The summed E-state index contributed by atoms with van der Waals surface area (Å²) < 4.78 is 111. The van der Waals surface area contributed by atoms with Crippen molar-refractivity contribution in [3.8, 4) is 95.5 Å². The highest BCUT2D eigenvalue weighted by molar-refractivity contribution is 6.11. The predicted octanol–water partition coefficient (Wildman–Crippen LogP) is 16.3. The van der Waals surface area contributed by atoms with E-state index in [4.69, 9.17) is 24.5 Å². The molecule has 0 saturated carbocycles. The van der Waals surface area contributed by atoms with Gasteiger partial charge in [0.25, 0.3) is 0 Å². The molecular weight excluding hydrogens is 813 g/mol. The lowest BCUT2D eigenvalue weighted by Crippen LogP contribution is -2.04. The van der Waals surface area contributed by atoms with Crippen molar-refractivity contribution in [2.75, 3.05) is 0 Å². The van der Waals surface area contributed by atoms with E-state index in [9.17, 15) is 6.85 Å². The van der Waals surface area contributed by atoms with E-state index in [1.54, 1.807) is 12.1 Å². The highest BCUT2D eigenvalue weighted by Crippen LogP contribution is 2.40. The van der Waals surface area contributed by atoms with Gasteiger partial charge in [0.15, 0.2) is 17.5 Å². The lowest BCUT2D eigenvalue weighted by atomic mass is 9.97. The number of hydrogen-bond donors (Lipinski definition) is 0. The quantitative estimate of drug-likeness (QED) is 0.145. The molecule has 314 valence electrons. The van der Waals surface area contributed by atoms with Crippen molar-refractivity contribution in [3.63, 3.8) is 0 Å². The average molecular weight is 867 g/mol. The fraction of sp³-hybridized carbons (Fsp3) is 0. The van der Waals surface area contributed by atoms with E-state index in [0.29, 0.717) is 33.9 Å². The molecular formula is C63H42N4. The first kappa shape index (κ1) is 28.7. The zero-order valence-electron chi connectivity index (χ0n) is 47.6. The molecule has 0 spiro atoms. The molecule has 0 fully saturated rings. The third-order valence-electron chi connectivity index (χ3n) is 11.8. The second-order valence-corrected chi connectivity index (χ2v) is 15.9. The van der Waals surface area contributed by atoms with Crippen molar-refractivity contribution in [1.29, 1.82) is 0 Å². The van der Waals surface area contributed by atoms with Crippen LogP contribution in [0.3, 0.4) is 0 Å². The Kier molecular flexibility index (Phi) is 7.37. The molecule has 0 aliphatic rings. The number of rotatable bonds is 9. The second-order valence-electron chi connectivity index (χ2n) is 15.9. The van der Waals surface area contributed by atoms with Gasteiger partial charge in [-0.15, -0.1) is 0 Å². The van der Waals surface area contributed by atoms with Crippen LogP contribution in [-0.2, 0) is 0 Å². The number of hydrogen-bond acceptors (Lipinski definition) is 3. The Morgan fingerprint density at radius 1 is 0.299 bits per heavy atom. The number of para-hydroxylation sites is 1. The molecule has 0 radical (unpaired) electrons. The molecule has 0 aliphatic carbocycles. The summed E-state index contributed by atoms with van der Waals surface area (Å²) in [6, 6.07) is 51.4. The van der Waals surface area contributed by atoms with E-state index >= 15 is 0 Å². The van der Waals surface area contributed by atoms with E-state index in [-0.39, 0.29) is 33.3 Å². The zero-order chi connectivity index (χ0) is 55.0. The third-order valence-corrected chi connectivity index (χ3v) is 11.8. The number of aromatic nitrogens is 4. The minimum Gasteiger partial charge on any atom is -0.308 e. The minimum absolute atomic E-state index is 0.137. The van der Waals surface area contributed by atoms with Gasteiger partial charge in [-0.1, -0.05) is 224 Å². The van der Waals surface area contributed by atoms with Gasteiger partial charge in [-0.05, 0) is 85.9 Å². The van der Waals surface area contributed by atoms with Gasteiger partial charge in [0.05, 0.1) is 33.2 Å². The topological polar surface area (TPSA) is 43.6 Å². The van der Waals surface area contributed by atoms with E-state index in [1.165, 1.54) is 4.57 Å². The molecule has 67 heavy (non-hydrogen) atoms. The summed E-state index contributed by atoms with van der Waals surface area (Å²) in [5.41, 5.74) is 8.23. The Bertz CT molecular complexity index is 4370. The first-order chi connectivity index (χ1) is 38.2. The van der Waals surface area contributed by atoms with Gasteiger partial charge in [0.2, 0.25) is 0 Å². The van der Waals surface area contributed by atoms with Gasteiger partial charge in [-0.3, -0.25) is 0 Å². The van der Waals surface area contributed by atoms with Crippen molar-refractivity contribution in [2.45, 2.75) is 0 Å². The predicted molar refractivity (Wildman–Crippen MR) is 278 cm³/mol. The number of fused-ring (bicyclic) bond motifs is 3. The van der Waals surface area contributed by atoms with Crippen LogP contribution in [-0.4, -0.2) is 19.5 Å². The smallest absolute Gasteiger partial charge is 0.166 e. The van der Waals surface area contributed by atoms with Crippen molar-refractivity contribution >= 4 is 21.8 Å². The van der Waals surface area contributed by atoms with Gasteiger partial charge in [-0.2, -0.15) is 0 Å². The second kappa shape index (κ2) is 17.2. The molecule has 0 saturated heterocycles. The molecule has 0 aliphatic heterocycles. The fourth-order valence-electron chi connectivity index (χ4n) is 8.47. The lowest BCUT2D eigenvalue weighted by molar-refractivity contribution is 1.06. The van der Waals surface area contributed by atoms with Crippen LogP contribution < -0.4 is 0 Å². The molecule has 10 aromatic carbocycles. The van der Waals surface area contributed by atoms with Crippen LogP contribution in [0.2, 0.25) is 0 Å². The summed E-state index contributed by atoms with van der Waals surface area (Å²) in [7, 11) is 0. The highest BCUT2D eigenvalue weighted by atomic mass is 15.1. The van der Waals surface area contributed by atoms with Gasteiger partial charge >= 0.3 is 0 Å². The van der Waals surface area contributed by atoms with Crippen molar-refractivity contribution in [1.82, 2.24) is 19.5 Å². The molecule has 2 heterocycles. The molecule has 0 unspecified atom stereocenters. The van der Waals surface area contributed by atoms with Crippen LogP contribution in [0, 0.1) is 0 Å². The third kappa shape index (κ3) is 7.67. The first-order valence-corrected chi connectivity index (χ1v) is 21.7. The van der Waals surface area contributed by atoms with Crippen LogP contribution in [0.1, 0.15) is 16.4 Å². The summed E-state index contributed by atoms with van der Waals surface area (Å²) in [6.45, 7) is 0. The molecule has 4 nitrogen and oxygen atoms in total. The van der Waals surface area contributed by atoms with Crippen LogP contribution in [0.15, 0.2) is 255 Å². The SMILES string of the molecule is [2H]c1c([2H])c([2H])c(-c2c([2H])c([2H])c3c(c2[2H])c2c([2H])c([2H])c([2H])c([2H])c2n3-c2cc(-c3ccc(-c4ccc(-c5ccccc5)cc4)cc3)ccc2-c2nc(-c3ccccc3)nc(-c3ccc(-c4ccccc4)cc3)n2)c([2H])c1[2H]. The fourth-order valence-corrected chi connectivity index (χ4v) is 8.47.